The Morgan fingerprint density at radius 1 is 1.27 bits per heavy atom. The van der Waals surface area contributed by atoms with Gasteiger partial charge in [-0.25, -0.2) is 0 Å². The van der Waals surface area contributed by atoms with Crippen molar-refractivity contribution in [1.82, 2.24) is 10.2 Å². The Balaban J connectivity index is 1.84. The summed E-state index contributed by atoms with van der Waals surface area (Å²) in [7, 11) is 0. The predicted octanol–water partition coefficient (Wildman–Crippen LogP) is 1.10. The largest absolute Gasteiger partial charge is 0.378 e. The maximum absolute atomic E-state index is 5.56. The van der Waals surface area contributed by atoms with Crippen LogP contribution in [0.3, 0.4) is 0 Å². The Morgan fingerprint density at radius 2 is 2.00 bits per heavy atom. The van der Waals surface area contributed by atoms with Crippen molar-refractivity contribution in [1.29, 1.82) is 0 Å². The molecule has 3 atom stereocenters. The molecule has 0 aliphatic carbocycles. The molecule has 3 heteroatoms. The first-order valence-corrected chi connectivity index (χ1v) is 6.31. The van der Waals surface area contributed by atoms with Gasteiger partial charge in [-0.2, -0.15) is 0 Å². The van der Waals surface area contributed by atoms with Crippen LogP contribution in [0.1, 0.15) is 26.7 Å². The SMILES string of the molecule is CC1COCC(C)N1CC1CCCNC1. The zero-order valence-corrected chi connectivity index (χ0v) is 10.0. The molecule has 0 radical (unpaired) electrons. The molecule has 2 fully saturated rings. The van der Waals surface area contributed by atoms with Gasteiger partial charge in [0.05, 0.1) is 13.2 Å². The highest BCUT2D eigenvalue weighted by atomic mass is 16.5. The van der Waals surface area contributed by atoms with Crippen LogP contribution in [0, 0.1) is 5.92 Å². The molecule has 2 saturated heterocycles. The second-order valence-corrected chi connectivity index (χ2v) is 5.14. The summed E-state index contributed by atoms with van der Waals surface area (Å²) in [6.45, 7) is 10.0. The minimum Gasteiger partial charge on any atom is -0.378 e. The quantitative estimate of drug-likeness (QED) is 0.742. The molecule has 2 heterocycles. The number of rotatable bonds is 2. The summed E-state index contributed by atoms with van der Waals surface area (Å²) in [5.74, 6) is 0.849. The topological polar surface area (TPSA) is 24.5 Å². The monoisotopic (exact) mass is 212 g/mol. The third-order valence-electron chi connectivity index (χ3n) is 3.72. The maximum atomic E-state index is 5.56. The number of ether oxygens (including phenoxy) is 1. The highest BCUT2D eigenvalue weighted by molar-refractivity contribution is 4.81. The number of piperidine rings is 1. The number of hydrogen-bond acceptors (Lipinski definition) is 3. The van der Waals surface area contributed by atoms with Gasteiger partial charge < -0.3 is 10.1 Å². The van der Waals surface area contributed by atoms with Crippen molar-refractivity contribution in [2.45, 2.75) is 38.8 Å². The molecule has 0 aromatic rings. The molecule has 3 nitrogen and oxygen atoms in total. The van der Waals surface area contributed by atoms with Crippen LogP contribution in [0.15, 0.2) is 0 Å². The lowest BCUT2D eigenvalue weighted by molar-refractivity contribution is -0.0443. The number of hydrogen-bond donors (Lipinski definition) is 1. The lowest BCUT2D eigenvalue weighted by Gasteiger charge is -2.41. The van der Waals surface area contributed by atoms with Crippen molar-refractivity contribution < 1.29 is 4.74 Å². The molecule has 88 valence electrons. The molecule has 1 N–H and O–H groups in total. The fourth-order valence-electron chi connectivity index (χ4n) is 2.77. The van der Waals surface area contributed by atoms with E-state index in [1.54, 1.807) is 0 Å². The molecular weight excluding hydrogens is 188 g/mol. The summed E-state index contributed by atoms with van der Waals surface area (Å²) < 4.78 is 5.56. The van der Waals surface area contributed by atoms with E-state index in [1.807, 2.05) is 0 Å². The van der Waals surface area contributed by atoms with E-state index in [0.717, 1.165) is 19.1 Å². The fourth-order valence-corrected chi connectivity index (χ4v) is 2.77. The lowest BCUT2D eigenvalue weighted by atomic mass is 9.97. The van der Waals surface area contributed by atoms with E-state index in [1.165, 1.54) is 32.5 Å². The van der Waals surface area contributed by atoms with Crippen molar-refractivity contribution in [3.8, 4) is 0 Å². The molecule has 2 rings (SSSR count). The van der Waals surface area contributed by atoms with Gasteiger partial charge in [-0.1, -0.05) is 0 Å². The minimum atomic E-state index is 0.593. The molecule has 0 spiro atoms. The summed E-state index contributed by atoms with van der Waals surface area (Å²) in [4.78, 5) is 2.63. The number of nitrogens with one attached hydrogen (secondary N) is 1. The van der Waals surface area contributed by atoms with Crippen LogP contribution < -0.4 is 5.32 Å². The van der Waals surface area contributed by atoms with Crippen LogP contribution in [0.4, 0.5) is 0 Å². The van der Waals surface area contributed by atoms with Crippen LogP contribution in [0.5, 0.6) is 0 Å². The van der Waals surface area contributed by atoms with E-state index >= 15 is 0 Å². The molecular formula is C12H24N2O. The molecule has 0 saturated carbocycles. The average molecular weight is 212 g/mol. The van der Waals surface area contributed by atoms with Crippen LogP contribution in [-0.4, -0.2) is 49.8 Å². The lowest BCUT2D eigenvalue weighted by Crippen LogP contribution is -2.52. The zero-order valence-electron chi connectivity index (χ0n) is 10.0. The standard InChI is InChI=1S/C12H24N2O/c1-10-8-15-9-11(2)14(10)7-12-4-3-5-13-6-12/h10-13H,3-9H2,1-2H3. The summed E-state index contributed by atoms with van der Waals surface area (Å²) in [6.07, 6.45) is 2.74. The molecule has 2 aliphatic heterocycles. The van der Waals surface area contributed by atoms with Crippen molar-refractivity contribution in [3.63, 3.8) is 0 Å². The zero-order chi connectivity index (χ0) is 10.7. The Hall–Kier alpha value is -0.120. The molecule has 3 unspecified atom stereocenters. The van der Waals surface area contributed by atoms with E-state index in [2.05, 4.69) is 24.1 Å². The Kier molecular flexibility index (Phi) is 4.00. The van der Waals surface area contributed by atoms with Gasteiger partial charge in [0.15, 0.2) is 0 Å². The van der Waals surface area contributed by atoms with Gasteiger partial charge in [0.2, 0.25) is 0 Å². The molecule has 0 aromatic carbocycles. The highest BCUT2D eigenvalue weighted by Crippen LogP contribution is 2.18. The summed E-state index contributed by atoms with van der Waals surface area (Å²) in [5.41, 5.74) is 0. The van der Waals surface area contributed by atoms with Gasteiger partial charge in [0, 0.05) is 18.6 Å². The Bertz CT molecular complexity index is 182. The van der Waals surface area contributed by atoms with Gasteiger partial charge in [0.25, 0.3) is 0 Å². The predicted molar refractivity (Wildman–Crippen MR) is 62.0 cm³/mol. The van der Waals surface area contributed by atoms with Gasteiger partial charge in [0.1, 0.15) is 0 Å². The Labute approximate surface area is 93.2 Å². The molecule has 0 amide bonds. The normalized spacial score (nSPS) is 39.2. The second kappa shape index (κ2) is 5.28. The second-order valence-electron chi connectivity index (χ2n) is 5.14. The summed E-state index contributed by atoms with van der Waals surface area (Å²) >= 11 is 0. The van der Waals surface area contributed by atoms with Crippen molar-refractivity contribution in [3.05, 3.63) is 0 Å². The molecule has 0 aromatic heterocycles. The van der Waals surface area contributed by atoms with E-state index in [4.69, 9.17) is 4.74 Å². The van der Waals surface area contributed by atoms with Gasteiger partial charge in [-0.15, -0.1) is 0 Å². The van der Waals surface area contributed by atoms with Crippen molar-refractivity contribution in [2.75, 3.05) is 32.8 Å². The molecule has 2 aliphatic rings. The fraction of sp³-hybridized carbons (Fsp3) is 1.00. The third-order valence-corrected chi connectivity index (χ3v) is 3.72. The van der Waals surface area contributed by atoms with E-state index in [-0.39, 0.29) is 0 Å². The van der Waals surface area contributed by atoms with Crippen molar-refractivity contribution in [2.24, 2.45) is 5.92 Å². The summed E-state index contributed by atoms with van der Waals surface area (Å²) in [5, 5.41) is 3.50. The maximum Gasteiger partial charge on any atom is 0.0620 e. The van der Waals surface area contributed by atoms with E-state index < -0.39 is 0 Å². The first-order chi connectivity index (χ1) is 7.27. The Morgan fingerprint density at radius 3 is 2.60 bits per heavy atom. The van der Waals surface area contributed by atoms with E-state index in [0.29, 0.717) is 12.1 Å². The minimum absolute atomic E-state index is 0.593. The molecule has 15 heavy (non-hydrogen) atoms. The van der Waals surface area contributed by atoms with E-state index in [9.17, 15) is 0 Å². The van der Waals surface area contributed by atoms with Crippen LogP contribution >= 0.6 is 0 Å². The first-order valence-electron chi connectivity index (χ1n) is 6.31. The average Bonchev–Trinajstić information content (AvgIpc) is 2.25. The molecule has 0 bridgehead atoms. The smallest absolute Gasteiger partial charge is 0.0620 e. The van der Waals surface area contributed by atoms with Crippen LogP contribution in [-0.2, 0) is 4.74 Å². The van der Waals surface area contributed by atoms with Crippen LogP contribution in [0.2, 0.25) is 0 Å². The van der Waals surface area contributed by atoms with Crippen molar-refractivity contribution >= 4 is 0 Å². The van der Waals surface area contributed by atoms with Gasteiger partial charge >= 0.3 is 0 Å². The van der Waals surface area contributed by atoms with Gasteiger partial charge in [-0.3, -0.25) is 4.90 Å². The highest BCUT2D eigenvalue weighted by Gasteiger charge is 2.27. The van der Waals surface area contributed by atoms with Crippen LogP contribution in [0.25, 0.3) is 0 Å². The first kappa shape index (κ1) is 11.4. The number of nitrogens with zero attached hydrogens (tertiary/aromatic N) is 1. The van der Waals surface area contributed by atoms with Gasteiger partial charge in [-0.05, 0) is 45.7 Å². The third kappa shape index (κ3) is 2.92. The number of morpholine rings is 1. The summed E-state index contributed by atoms with van der Waals surface area (Å²) in [6, 6.07) is 1.19.